The molecule has 0 aliphatic carbocycles. The van der Waals surface area contributed by atoms with E-state index in [1.807, 2.05) is 0 Å². The zero-order valence-electron chi connectivity index (χ0n) is 11.3. The van der Waals surface area contributed by atoms with E-state index < -0.39 is 5.97 Å². The summed E-state index contributed by atoms with van der Waals surface area (Å²) in [7, 11) is 0. The number of benzene rings is 1. The van der Waals surface area contributed by atoms with Crippen molar-refractivity contribution in [3.63, 3.8) is 0 Å². The average molecular weight is 249 g/mol. The SMILES string of the molecule is Cc1ccc(C(C)NCCCCCC(=O)O)cc1. The zero-order chi connectivity index (χ0) is 13.4. The van der Waals surface area contributed by atoms with Crippen molar-refractivity contribution < 1.29 is 9.90 Å². The summed E-state index contributed by atoms with van der Waals surface area (Å²) in [5.74, 6) is -0.698. The molecule has 3 nitrogen and oxygen atoms in total. The highest BCUT2D eigenvalue weighted by molar-refractivity contribution is 5.66. The molecule has 1 unspecified atom stereocenters. The summed E-state index contributed by atoms with van der Waals surface area (Å²) in [6, 6.07) is 8.90. The normalized spacial score (nSPS) is 12.3. The lowest BCUT2D eigenvalue weighted by Crippen LogP contribution is -2.19. The van der Waals surface area contributed by atoms with E-state index in [0.29, 0.717) is 6.04 Å². The van der Waals surface area contributed by atoms with Crippen LogP contribution in [-0.2, 0) is 4.79 Å². The number of carboxylic acids is 1. The number of unbranched alkanes of at least 4 members (excludes halogenated alkanes) is 2. The lowest BCUT2D eigenvalue weighted by Gasteiger charge is -2.14. The van der Waals surface area contributed by atoms with Gasteiger partial charge in [-0.2, -0.15) is 0 Å². The van der Waals surface area contributed by atoms with Gasteiger partial charge in [0.15, 0.2) is 0 Å². The van der Waals surface area contributed by atoms with Crippen molar-refractivity contribution in [1.29, 1.82) is 0 Å². The molecule has 1 atom stereocenters. The Kier molecular flexibility index (Phi) is 6.44. The molecule has 0 aliphatic heterocycles. The Hall–Kier alpha value is -1.35. The number of nitrogens with one attached hydrogen (secondary N) is 1. The number of carbonyl (C=O) groups is 1. The van der Waals surface area contributed by atoms with Crippen molar-refractivity contribution in [3.8, 4) is 0 Å². The topological polar surface area (TPSA) is 49.3 Å². The minimum absolute atomic E-state index is 0.285. The van der Waals surface area contributed by atoms with Gasteiger partial charge in [-0.3, -0.25) is 4.79 Å². The molecule has 0 amide bonds. The highest BCUT2D eigenvalue weighted by atomic mass is 16.4. The fourth-order valence-corrected chi connectivity index (χ4v) is 1.87. The van der Waals surface area contributed by atoms with E-state index in [2.05, 4.69) is 43.4 Å². The maximum Gasteiger partial charge on any atom is 0.303 e. The largest absolute Gasteiger partial charge is 0.481 e. The van der Waals surface area contributed by atoms with Gasteiger partial charge >= 0.3 is 5.97 Å². The minimum atomic E-state index is -0.698. The number of rotatable bonds is 8. The Morgan fingerprint density at radius 2 is 1.89 bits per heavy atom. The van der Waals surface area contributed by atoms with Crippen molar-refractivity contribution in [3.05, 3.63) is 35.4 Å². The second kappa shape index (κ2) is 7.88. The van der Waals surface area contributed by atoms with E-state index in [1.54, 1.807) is 0 Å². The number of aliphatic carboxylic acids is 1. The van der Waals surface area contributed by atoms with Crippen molar-refractivity contribution in [1.82, 2.24) is 5.32 Å². The van der Waals surface area contributed by atoms with Crippen LogP contribution >= 0.6 is 0 Å². The molecule has 0 fully saturated rings. The number of aryl methyl sites for hydroxylation is 1. The Labute approximate surface area is 109 Å². The van der Waals surface area contributed by atoms with E-state index in [4.69, 9.17) is 5.11 Å². The van der Waals surface area contributed by atoms with E-state index in [9.17, 15) is 4.79 Å². The summed E-state index contributed by atoms with van der Waals surface area (Å²) in [4.78, 5) is 10.3. The summed E-state index contributed by atoms with van der Waals surface area (Å²) in [6.07, 6.45) is 3.06. The standard InChI is InChI=1S/C15H23NO2/c1-12-7-9-14(10-8-12)13(2)16-11-5-3-4-6-15(17)18/h7-10,13,16H,3-6,11H2,1-2H3,(H,17,18). The Bertz CT molecular complexity index is 359. The summed E-state index contributed by atoms with van der Waals surface area (Å²) in [6.45, 7) is 5.18. The van der Waals surface area contributed by atoms with Gasteiger partial charge in [-0.25, -0.2) is 0 Å². The molecule has 0 saturated heterocycles. The molecule has 3 heteroatoms. The van der Waals surface area contributed by atoms with Gasteiger partial charge in [0.1, 0.15) is 0 Å². The Morgan fingerprint density at radius 3 is 2.50 bits per heavy atom. The fraction of sp³-hybridized carbons (Fsp3) is 0.533. The molecule has 1 aromatic carbocycles. The van der Waals surface area contributed by atoms with Gasteiger partial charge < -0.3 is 10.4 Å². The maximum atomic E-state index is 10.3. The van der Waals surface area contributed by atoms with Crippen molar-refractivity contribution in [2.24, 2.45) is 0 Å². The van der Waals surface area contributed by atoms with Gasteiger partial charge in [0.2, 0.25) is 0 Å². The molecule has 0 saturated carbocycles. The molecule has 1 aromatic rings. The quantitative estimate of drug-likeness (QED) is 0.695. The number of hydrogen-bond donors (Lipinski definition) is 2. The molecule has 0 spiro atoms. The summed E-state index contributed by atoms with van der Waals surface area (Å²) >= 11 is 0. The molecule has 2 N–H and O–H groups in total. The van der Waals surface area contributed by atoms with Crippen LogP contribution < -0.4 is 5.32 Å². The number of hydrogen-bond acceptors (Lipinski definition) is 2. The van der Waals surface area contributed by atoms with Crippen LogP contribution in [0.2, 0.25) is 0 Å². The van der Waals surface area contributed by atoms with E-state index >= 15 is 0 Å². The lowest BCUT2D eigenvalue weighted by molar-refractivity contribution is -0.137. The van der Waals surface area contributed by atoms with Crippen molar-refractivity contribution in [2.75, 3.05) is 6.54 Å². The van der Waals surface area contributed by atoms with Crippen LogP contribution in [0.3, 0.4) is 0 Å². The first-order valence-electron chi connectivity index (χ1n) is 6.61. The summed E-state index contributed by atoms with van der Waals surface area (Å²) < 4.78 is 0. The first-order valence-corrected chi connectivity index (χ1v) is 6.61. The smallest absolute Gasteiger partial charge is 0.303 e. The average Bonchev–Trinajstić information content (AvgIpc) is 2.34. The van der Waals surface area contributed by atoms with Crippen LogP contribution in [0.25, 0.3) is 0 Å². The third-order valence-corrected chi connectivity index (χ3v) is 3.10. The molecular weight excluding hydrogens is 226 g/mol. The van der Waals surface area contributed by atoms with Crippen LogP contribution in [-0.4, -0.2) is 17.6 Å². The van der Waals surface area contributed by atoms with Crippen LogP contribution in [0.1, 0.15) is 49.8 Å². The Morgan fingerprint density at radius 1 is 1.22 bits per heavy atom. The van der Waals surface area contributed by atoms with Gasteiger partial charge in [-0.1, -0.05) is 36.2 Å². The predicted molar refractivity (Wildman–Crippen MR) is 73.7 cm³/mol. The molecule has 1 rings (SSSR count). The zero-order valence-corrected chi connectivity index (χ0v) is 11.3. The fourth-order valence-electron chi connectivity index (χ4n) is 1.87. The van der Waals surface area contributed by atoms with Crippen LogP contribution in [0.15, 0.2) is 24.3 Å². The van der Waals surface area contributed by atoms with Gasteiger partial charge in [0, 0.05) is 12.5 Å². The molecule has 0 radical (unpaired) electrons. The lowest BCUT2D eigenvalue weighted by atomic mass is 10.1. The van der Waals surface area contributed by atoms with E-state index in [0.717, 1.165) is 25.8 Å². The highest BCUT2D eigenvalue weighted by Crippen LogP contribution is 2.13. The highest BCUT2D eigenvalue weighted by Gasteiger charge is 2.03. The van der Waals surface area contributed by atoms with Gasteiger partial charge in [-0.05, 0) is 38.8 Å². The first-order chi connectivity index (χ1) is 8.59. The van der Waals surface area contributed by atoms with Gasteiger partial charge in [-0.15, -0.1) is 0 Å². The monoisotopic (exact) mass is 249 g/mol. The Balaban J connectivity index is 2.15. The molecule has 0 bridgehead atoms. The molecule has 100 valence electrons. The van der Waals surface area contributed by atoms with Crippen LogP contribution in [0.5, 0.6) is 0 Å². The molecule has 18 heavy (non-hydrogen) atoms. The minimum Gasteiger partial charge on any atom is -0.481 e. The van der Waals surface area contributed by atoms with Gasteiger partial charge in [0.05, 0.1) is 0 Å². The second-order valence-electron chi connectivity index (χ2n) is 4.79. The second-order valence-corrected chi connectivity index (χ2v) is 4.79. The molecular formula is C15H23NO2. The number of carboxylic acid groups (broad SMARTS) is 1. The maximum absolute atomic E-state index is 10.3. The summed E-state index contributed by atoms with van der Waals surface area (Å²) in [5.41, 5.74) is 2.57. The third kappa shape index (κ3) is 5.82. The van der Waals surface area contributed by atoms with E-state index in [1.165, 1.54) is 11.1 Å². The first kappa shape index (κ1) is 14.7. The van der Waals surface area contributed by atoms with E-state index in [-0.39, 0.29) is 6.42 Å². The van der Waals surface area contributed by atoms with Crippen LogP contribution in [0.4, 0.5) is 0 Å². The van der Waals surface area contributed by atoms with Crippen molar-refractivity contribution in [2.45, 2.75) is 45.6 Å². The molecule has 0 aliphatic rings. The summed E-state index contributed by atoms with van der Waals surface area (Å²) in [5, 5.41) is 12.0. The molecule has 0 heterocycles. The van der Waals surface area contributed by atoms with Gasteiger partial charge in [0.25, 0.3) is 0 Å². The predicted octanol–water partition coefficient (Wildman–Crippen LogP) is 3.29. The third-order valence-electron chi connectivity index (χ3n) is 3.10. The molecule has 0 aromatic heterocycles. The van der Waals surface area contributed by atoms with Crippen LogP contribution in [0, 0.1) is 6.92 Å². The van der Waals surface area contributed by atoms with Crippen molar-refractivity contribution >= 4 is 5.97 Å².